The van der Waals surface area contributed by atoms with E-state index in [4.69, 9.17) is 10.1 Å². The highest BCUT2D eigenvalue weighted by molar-refractivity contribution is 5.78. The van der Waals surface area contributed by atoms with Crippen molar-refractivity contribution in [3.8, 4) is 22.5 Å². The lowest BCUT2D eigenvalue weighted by molar-refractivity contribution is 0.589. The maximum Gasteiger partial charge on any atom is 0.227 e. The van der Waals surface area contributed by atoms with E-state index < -0.39 is 0 Å². The number of nitrogens with zero attached hydrogens (tertiary/aromatic N) is 6. The molecule has 1 fully saturated rings. The second kappa shape index (κ2) is 11.2. The van der Waals surface area contributed by atoms with Crippen molar-refractivity contribution in [1.82, 2.24) is 30.0 Å². The fourth-order valence-corrected chi connectivity index (χ4v) is 4.70. The first-order valence-electron chi connectivity index (χ1n) is 13.0. The van der Waals surface area contributed by atoms with Gasteiger partial charge in [-0.2, -0.15) is 5.10 Å². The average Bonchev–Trinajstić information content (AvgIpc) is 3.43. The van der Waals surface area contributed by atoms with E-state index in [0.29, 0.717) is 5.95 Å². The molecular weight excluding hydrogens is 472 g/mol. The highest BCUT2D eigenvalue weighted by atomic mass is 15.3. The summed E-state index contributed by atoms with van der Waals surface area (Å²) in [6.45, 7) is 4.86. The van der Waals surface area contributed by atoms with Gasteiger partial charge < -0.3 is 15.5 Å². The Morgan fingerprint density at radius 2 is 1.71 bits per heavy atom. The number of hydrogen-bond acceptors (Lipinski definition) is 7. The van der Waals surface area contributed by atoms with Gasteiger partial charge in [0.05, 0.1) is 5.69 Å². The van der Waals surface area contributed by atoms with Crippen LogP contribution >= 0.6 is 0 Å². The molecule has 1 saturated heterocycles. The Labute approximate surface area is 222 Å². The molecule has 0 bridgehead atoms. The van der Waals surface area contributed by atoms with Gasteiger partial charge in [0.1, 0.15) is 5.69 Å². The predicted molar refractivity (Wildman–Crippen MR) is 151 cm³/mol. The number of rotatable bonds is 8. The van der Waals surface area contributed by atoms with Crippen molar-refractivity contribution in [2.45, 2.75) is 13.0 Å². The van der Waals surface area contributed by atoms with Crippen LogP contribution in [0.4, 0.5) is 17.3 Å². The van der Waals surface area contributed by atoms with E-state index >= 15 is 0 Å². The fourth-order valence-electron chi connectivity index (χ4n) is 4.70. The van der Waals surface area contributed by atoms with Gasteiger partial charge in [0.25, 0.3) is 0 Å². The minimum Gasteiger partial charge on any atom is -0.369 e. The first kappa shape index (κ1) is 23.8. The molecule has 8 heteroatoms. The van der Waals surface area contributed by atoms with Gasteiger partial charge >= 0.3 is 0 Å². The number of pyridine rings is 1. The minimum atomic E-state index is 0.548. The zero-order valence-electron chi connectivity index (χ0n) is 21.2. The van der Waals surface area contributed by atoms with Crippen LogP contribution in [-0.2, 0) is 13.0 Å². The normalized spacial score (nSPS) is 13.4. The Morgan fingerprint density at radius 1 is 0.868 bits per heavy atom. The maximum absolute atomic E-state index is 4.93. The number of anilines is 3. The van der Waals surface area contributed by atoms with Crippen molar-refractivity contribution >= 4 is 17.3 Å². The Balaban J connectivity index is 1.24. The largest absolute Gasteiger partial charge is 0.369 e. The molecule has 0 atom stereocenters. The second-order valence-electron chi connectivity index (χ2n) is 9.31. The topological polar surface area (TPSA) is 83.8 Å². The lowest BCUT2D eigenvalue weighted by Crippen LogP contribution is -2.43. The summed E-state index contributed by atoms with van der Waals surface area (Å²) >= 11 is 0. The van der Waals surface area contributed by atoms with Crippen LogP contribution in [0, 0.1) is 0 Å². The number of aromatic nitrogens is 5. The second-order valence-corrected chi connectivity index (χ2v) is 9.31. The van der Waals surface area contributed by atoms with Crippen molar-refractivity contribution in [2.75, 3.05) is 36.4 Å². The Hall–Kier alpha value is -4.56. The number of nitrogens with one attached hydrogen (secondary N) is 2. The standard InChI is InChI=1S/C30H30N8/c1-2-5-23(6-3-1)13-18-38-22-27(29(36-38)24-7-4-14-32-21-24)28-12-15-33-30(35-28)34-25-8-10-26(11-9-25)37-19-16-31-17-20-37/h1-12,14-15,21-22,31H,13,16-20H2,(H,33,34,35). The number of piperazine rings is 1. The van der Waals surface area contributed by atoms with Crippen LogP contribution in [0.2, 0.25) is 0 Å². The number of aryl methyl sites for hydroxylation is 2. The lowest BCUT2D eigenvalue weighted by Gasteiger charge is -2.29. The molecule has 3 aromatic heterocycles. The Morgan fingerprint density at radius 3 is 2.50 bits per heavy atom. The van der Waals surface area contributed by atoms with Gasteiger partial charge in [0.2, 0.25) is 5.95 Å². The van der Waals surface area contributed by atoms with E-state index in [1.165, 1.54) is 11.3 Å². The van der Waals surface area contributed by atoms with Crippen LogP contribution in [-0.4, -0.2) is 50.9 Å². The zero-order valence-corrected chi connectivity index (χ0v) is 21.2. The highest BCUT2D eigenvalue weighted by Crippen LogP contribution is 2.30. The third-order valence-electron chi connectivity index (χ3n) is 6.71. The molecule has 0 spiro atoms. The molecule has 1 aliphatic rings. The molecule has 190 valence electrons. The van der Waals surface area contributed by atoms with Gasteiger partial charge in [0.15, 0.2) is 0 Å². The third kappa shape index (κ3) is 5.55. The summed E-state index contributed by atoms with van der Waals surface area (Å²) in [6.07, 6.45) is 8.37. The highest BCUT2D eigenvalue weighted by Gasteiger charge is 2.16. The van der Waals surface area contributed by atoms with E-state index in [9.17, 15) is 0 Å². The Bertz CT molecular complexity index is 1460. The summed E-state index contributed by atoms with van der Waals surface area (Å²) < 4.78 is 1.99. The SMILES string of the molecule is c1ccc(CCn2cc(-c3ccnc(Nc4ccc(N5CCNCC5)cc4)n3)c(-c3cccnc3)n2)cc1. The summed E-state index contributed by atoms with van der Waals surface area (Å²) in [5.74, 6) is 0.548. The van der Waals surface area contributed by atoms with E-state index in [0.717, 1.165) is 67.3 Å². The van der Waals surface area contributed by atoms with Gasteiger partial charge in [-0.25, -0.2) is 9.97 Å². The van der Waals surface area contributed by atoms with Crippen LogP contribution in [0.15, 0.2) is 97.6 Å². The Kier molecular flexibility index (Phi) is 7.04. The third-order valence-corrected chi connectivity index (χ3v) is 6.71. The molecule has 0 unspecified atom stereocenters. The average molecular weight is 503 g/mol. The minimum absolute atomic E-state index is 0.548. The van der Waals surface area contributed by atoms with Gasteiger partial charge in [0, 0.05) is 80.0 Å². The summed E-state index contributed by atoms with van der Waals surface area (Å²) in [7, 11) is 0. The van der Waals surface area contributed by atoms with Crippen LogP contribution in [0.25, 0.3) is 22.5 Å². The zero-order chi connectivity index (χ0) is 25.6. The molecule has 38 heavy (non-hydrogen) atoms. The molecule has 0 amide bonds. The van der Waals surface area contributed by atoms with Crippen LogP contribution in [0.3, 0.4) is 0 Å². The summed E-state index contributed by atoms with van der Waals surface area (Å²) in [6, 6.07) is 24.8. The van der Waals surface area contributed by atoms with E-state index in [1.54, 1.807) is 12.4 Å². The van der Waals surface area contributed by atoms with Crippen LogP contribution in [0.1, 0.15) is 5.56 Å². The first-order valence-corrected chi connectivity index (χ1v) is 13.0. The monoisotopic (exact) mass is 502 g/mol. The van der Waals surface area contributed by atoms with Crippen LogP contribution < -0.4 is 15.5 Å². The van der Waals surface area contributed by atoms with E-state index in [2.05, 4.69) is 80.2 Å². The van der Waals surface area contributed by atoms with Crippen molar-refractivity contribution in [1.29, 1.82) is 0 Å². The van der Waals surface area contributed by atoms with E-state index in [1.807, 2.05) is 35.1 Å². The molecule has 6 rings (SSSR count). The van der Waals surface area contributed by atoms with Crippen molar-refractivity contribution in [3.05, 3.63) is 103 Å². The fraction of sp³-hybridized carbons (Fsp3) is 0.200. The molecule has 2 aromatic carbocycles. The quantitative estimate of drug-likeness (QED) is 0.315. The van der Waals surface area contributed by atoms with Gasteiger partial charge in [-0.15, -0.1) is 0 Å². The maximum atomic E-state index is 4.93. The van der Waals surface area contributed by atoms with Gasteiger partial charge in [-0.1, -0.05) is 30.3 Å². The molecule has 0 radical (unpaired) electrons. The molecule has 4 heterocycles. The molecule has 0 aliphatic carbocycles. The summed E-state index contributed by atoms with van der Waals surface area (Å²) in [4.78, 5) is 16.0. The molecule has 8 nitrogen and oxygen atoms in total. The van der Waals surface area contributed by atoms with Gasteiger partial charge in [-0.3, -0.25) is 9.67 Å². The lowest BCUT2D eigenvalue weighted by atomic mass is 10.1. The van der Waals surface area contributed by atoms with Crippen molar-refractivity contribution < 1.29 is 0 Å². The van der Waals surface area contributed by atoms with Gasteiger partial charge in [-0.05, 0) is 54.4 Å². The first-order chi connectivity index (χ1) is 18.8. The predicted octanol–water partition coefficient (Wildman–Crippen LogP) is 4.80. The van der Waals surface area contributed by atoms with Crippen molar-refractivity contribution in [2.24, 2.45) is 0 Å². The molecule has 0 saturated carbocycles. The smallest absolute Gasteiger partial charge is 0.227 e. The summed E-state index contributed by atoms with van der Waals surface area (Å²) in [5.41, 5.74) is 7.04. The van der Waals surface area contributed by atoms with E-state index in [-0.39, 0.29) is 0 Å². The number of hydrogen-bond donors (Lipinski definition) is 2. The molecule has 1 aliphatic heterocycles. The van der Waals surface area contributed by atoms with Crippen LogP contribution in [0.5, 0.6) is 0 Å². The molecule has 5 aromatic rings. The molecular formula is C30H30N8. The number of benzene rings is 2. The van der Waals surface area contributed by atoms with Crippen molar-refractivity contribution in [3.63, 3.8) is 0 Å². The summed E-state index contributed by atoms with van der Waals surface area (Å²) in [5, 5.41) is 11.7. The molecule has 2 N–H and O–H groups in total.